The van der Waals surface area contributed by atoms with Gasteiger partial charge in [-0.15, -0.1) is 0 Å². The molecule has 1 saturated heterocycles. The molecule has 0 radical (unpaired) electrons. The number of amides is 1. The van der Waals surface area contributed by atoms with Crippen LogP contribution in [-0.4, -0.2) is 59.7 Å². The number of aliphatic imine (C=N–C) groups is 1. The number of guanidine groups is 1. The molecular weight excluding hydrogens is 300 g/mol. The van der Waals surface area contributed by atoms with E-state index in [2.05, 4.69) is 15.2 Å². The Bertz CT molecular complexity index is 387. The maximum absolute atomic E-state index is 11.9. The lowest BCUT2D eigenvalue weighted by Crippen LogP contribution is -2.46. The maximum Gasteiger partial charge on any atom is 0.407 e. The zero-order valence-electron chi connectivity index (χ0n) is 14.4. The van der Waals surface area contributed by atoms with E-state index in [0.717, 1.165) is 24.6 Å². The summed E-state index contributed by atoms with van der Waals surface area (Å²) in [6, 6.07) is -0.0902. The molecule has 7 heteroatoms. The van der Waals surface area contributed by atoms with E-state index in [1.54, 1.807) is 0 Å². The molecule has 6 nitrogen and oxygen atoms in total. The van der Waals surface area contributed by atoms with Gasteiger partial charge >= 0.3 is 6.09 Å². The highest BCUT2D eigenvalue weighted by Crippen LogP contribution is 2.10. The third-order valence-electron chi connectivity index (χ3n) is 3.29. The fourth-order valence-electron chi connectivity index (χ4n) is 1.97. The van der Waals surface area contributed by atoms with E-state index in [0.29, 0.717) is 12.5 Å². The zero-order chi connectivity index (χ0) is 16.8. The van der Waals surface area contributed by atoms with Crippen molar-refractivity contribution in [1.82, 2.24) is 10.2 Å². The molecule has 0 aromatic carbocycles. The van der Waals surface area contributed by atoms with Crippen molar-refractivity contribution in [3.05, 3.63) is 0 Å². The van der Waals surface area contributed by atoms with Crippen molar-refractivity contribution < 1.29 is 9.53 Å². The lowest BCUT2D eigenvalue weighted by Gasteiger charge is -2.28. The summed E-state index contributed by atoms with van der Waals surface area (Å²) in [6.07, 6.45) is -0.408. The molecule has 0 aromatic rings. The van der Waals surface area contributed by atoms with Gasteiger partial charge in [0.2, 0.25) is 0 Å². The van der Waals surface area contributed by atoms with Gasteiger partial charge in [0, 0.05) is 24.6 Å². The number of nitrogens with one attached hydrogen (secondary N) is 1. The highest BCUT2D eigenvalue weighted by Gasteiger charge is 2.21. The Morgan fingerprint density at radius 3 is 2.45 bits per heavy atom. The molecule has 1 unspecified atom stereocenters. The topological polar surface area (TPSA) is 80.0 Å². The summed E-state index contributed by atoms with van der Waals surface area (Å²) < 4.78 is 5.30. The summed E-state index contributed by atoms with van der Waals surface area (Å²) in [7, 11) is 0. The SMILES string of the molecule is CC(C)C(CN=C(N)N1CCSCC1)NC(=O)OC(C)(C)C. The summed E-state index contributed by atoms with van der Waals surface area (Å²) in [6.45, 7) is 12.0. The van der Waals surface area contributed by atoms with Crippen LogP contribution in [-0.2, 0) is 4.74 Å². The minimum atomic E-state index is -0.501. The summed E-state index contributed by atoms with van der Waals surface area (Å²) in [5.74, 6) is 2.98. The Morgan fingerprint density at radius 2 is 1.95 bits per heavy atom. The van der Waals surface area contributed by atoms with Gasteiger partial charge in [-0.05, 0) is 26.7 Å². The van der Waals surface area contributed by atoms with Gasteiger partial charge in [0.25, 0.3) is 0 Å². The van der Waals surface area contributed by atoms with E-state index in [1.807, 2.05) is 46.4 Å². The Kier molecular flexibility index (Phi) is 7.32. The molecular formula is C15H30N4O2S. The quantitative estimate of drug-likeness (QED) is 0.608. The average Bonchev–Trinajstić information content (AvgIpc) is 2.41. The van der Waals surface area contributed by atoms with Crippen LogP contribution >= 0.6 is 11.8 Å². The van der Waals surface area contributed by atoms with Crippen molar-refractivity contribution in [2.75, 3.05) is 31.1 Å². The molecule has 1 heterocycles. The average molecular weight is 330 g/mol. The van der Waals surface area contributed by atoms with Crippen LogP contribution in [0.2, 0.25) is 0 Å². The highest BCUT2D eigenvalue weighted by molar-refractivity contribution is 7.99. The van der Waals surface area contributed by atoms with E-state index < -0.39 is 11.7 Å². The van der Waals surface area contributed by atoms with Gasteiger partial charge in [-0.2, -0.15) is 11.8 Å². The largest absolute Gasteiger partial charge is 0.444 e. The molecule has 1 fully saturated rings. The van der Waals surface area contributed by atoms with Gasteiger partial charge in [-0.3, -0.25) is 4.99 Å². The van der Waals surface area contributed by atoms with Crippen molar-refractivity contribution in [2.45, 2.75) is 46.3 Å². The Hall–Kier alpha value is -1.11. The van der Waals surface area contributed by atoms with Crippen molar-refractivity contribution in [1.29, 1.82) is 0 Å². The minimum absolute atomic E-state index is 0.0902. The Labute approximate surface area is 138 Å². The molecule has 22 heavy (non-hydrogen) atoms. The molecule has 1 atom stereocenters. The Balaban J connectivity index is 2.54. The molecule has 3 N–H and O–H groups in total. The van der Waals surface area contributed by atoms with Crippen LogP contribution in [0.5, 0.6) is 0 Å². The first-order valence-electron chi connectivity index (χ1n) is 7.81. The molecule has 1 rings (SSSR count). The number of alkyl carbamates (subject to hydrolysis) is 1. The highest BCUT2D eigenvalue weighted by atomic mass is 32.2. The first-order chi connectivity index (χ1) is 10.2. The van der Waals surface area contributed by atoms with Crippen molar-refractivity contribution in [2.24, 2.45) is 16.6 Å². The lowest BCUT2D eigenvalue weighted by molar-refractivity contribution is 0.0493. The van der Waals surface area contributed by atoms with E-state index in [1.165, 1.54) is 0 Å². The molecule has 0 spiro atoms. The molecule has 128 valence electrons. The predicted octanol–water partition coefficient (Wildman–Crippen LogP) is 1.90. The van der Waals surface area contributed by atoms with Gasteiger partial charge in [0.05, 0.1) is 12.6 Å². The van der Waals surface area contributed by atoms with Crippen LogP contribution in [0, 0.1) is 5.92 Å². The third-order valence-corrected chi connectivity index (χ3v) is 4.23. The maximum atomic E-state index is 11.9. The van der Waals surface area contributed by atoms with Gasteiger partial charge in [0.1, 0.15) is 5.60 Å². The van der Waals surface area contributed by atoms with Crippen LogP contribution in [0.25, 0.3) is 0 Å². The number of hydrogen-bond donors (Lipinski definition) is 2. The number of hydrogen-bond acceptors (Lipinski definition) is 4. The molecule has 0 aromatic heterocycles. The normalized spacial score (nSPS) is 18.3. The first kappa shape index (κ1) is 18.9. The number of nitrogens with zero attached hydrogens (tertiary/aromatic N) is 2. The van der Waals surface area contributed by atoms with Crippen LogP contribution in [0.1, 0.15) is 34.6 Å². The number of carbonyl (C=O) groups is 1. The van der Waals surface area contributed by atoms with Crippen LogP contribution in [0.4, 0.5) is 4.79 Å². The first-order valence-corrected chi connectivity index (χ1v) is 8.96. The van der Waals surface area contributed by atoms with Gasteiger partial charge in [0.15, 0.2) is 5.96 Å². The van der Waals surface area contributed by atoms with Crippen LogP contribution in [0.15, 0.2) is 4.99 Å². The van der Waals surface area contributed by atoms with E-state index in [9.17, 15) is 4.79 Å². The number of rotatable bonds is 4. The molecule has 1 aliphatic heterocycles. The minimum Gasteiger partial charge on any atom is -0.444 e. The standard InChI is InChI=1S/C15H30N4O2S/c1-11(2)12(18-14(20)21-15(3,4)5)10-17-13(16)19-6-8-22-9-7-19/h11-12H,6-10H2,1-5H3,(H2,16,17)(H,18,20). The van der Waals surface area contributed by atoms with Crippen LogP contribution in [0.3, 0.4) is 0 Å². The van der Waals surface area contributed by atoms with Crippen LogP contribution < -0.4 is 11.1 Å². The van der Waals surface area contributed by atoms with Crippen molar-refractivity contribution in [3.63, 3.8) is 0 Å². The van der Waals surface area contributed by atoms with Crippen molar-refractivity contribution >= 4 is 23.8 Å². The molecule has 0 saturated carbocycles. The zero-order valence-corrected chi connectivity index (χ0v) is 15.2. The fraction of sp³-hybridized carbons (Fsp3) is 0.867. The second kappa shape index (κ2) is 8.50. The fourth-order valence-corrected chi connectivity index (χ4v) is 2.87. The molecule has 0 bridgehead atoms. The van der Waals surface area contributed by atoms with E-state index >= 15 is 0 Å². The number of carbonyl (C=O) groups excluding carboxylic acids is 1. The smallest absolute Gasteiger partial charge is 0.407 e. The number of nitrogens with two attached hydrogens (primary N) is 1. The van der Waals surface area contributed by atoms with E-state index in [-0.39, 0.29) is 12.0 Å². The van der Waals surface area contributed by atoms with Gasteiger partial charge < -0.3 is 20.7 Å². The summed E-state index contributed by atoms with van der Waals surface area (Å²) in [5.41, 5.74) is 5.55. The van der Waals surface area contributed by atoms with E-state index in [4.69, 9.17) is 10.5 Å². The second-order valence-corrected chi connectivity index (χ2v) is 8.02. The Morgan fingerprint density at radius 1 is 1.36 bits per heavy atom. The lowest BCUT2D eigenvalue weighted by atomic mass is 10.1. The monoisotopic (exact) mass is 330 g/mol. The summed E-state index contributed by atoms with van der Waals surface area (Å²) in [5, 5.41) is 2.88. The number of thioether (sulfide) groups is 1. The molecule has 0 aliphatic carbocycles. The van der Waals surface area contributed by atoms with Gasteiger partial charge in [-0.1, -0.05) is 13.8 Å². The number of ether oxygens (including phenoxy) is 1. The predicted molar refractivity (Wildman–Crippen MR) is 93.4 cm³/mol. The van der Waals surface area contributed by atoms with Crippen molar-refractivity contribution in [3.8, 4) is 0 Å². The summed E-state index contributed by atoms with van der Waals surface area (Å²) >= 11 is 1.93. The summed E-state index contributed by atoms with van der Waals surface area (Å²) in [4.78, 5) is 18.5. The van der Waals surface area contributed by atoms with Gasteiger partial charge in [-0.25, -0.2) is 4.79 Å². The third kappa shape index (κ3) is 7.24. The molecule has 1 amide bonds. The second-order valence-electron chi connectivity index (χ2n) is 6.80. The molecule has 1 aliphatic rings.